The summed E-state index contributed by atoms with van der Waals surface area (Å²) in [6, 6.07) is 26.5. The smallest absolute Gasteiger partial charge is 0.264 e. The van der Waals surface area contributed by atoms with Crippen LogP contribution < -0.4 is 23.8 Å². The van der Waals surface area contributed by atoms with Crippen LogP contribution in [0.25, 0.3) is 0 Å². The molecule has 0 aliphatic heterocycles. The van der Waals surface area contributed by atoms with Gasteiger partial charge in [0.1, 0.15) is 18.3 Å². The highest BCUT2D eigenvalue weighted by Crippen LogP contribution is 2.33. The van der Waals surface area contributed by atoms with Gasteiger partial charge in [0, 0.05) is 30.6 Å². The Morgan fingerprint density at radius 1 is 0.851 bits per heavy atom. The Morgan fingerprint density at radius 3 is 2.11 bits per heavy atom. The van der Waals surface area contributed by atoms with Crippen molar-refractivity contribution in [2.45, 2.75) is 30.8 Å². The van der Waals surface area contributed by atoms with Gasteiger partial charge in [-0.2, -0.15) is 0 Å². The molecule has 12 heteroatoms. The maximum absolute atomic E-state index is 14.5. The van der Waals surface area contributed by atoms with E-state index in [1.165, 1.54) is 44.4 Å². The van der Waals surface area contributed by atoms with Gasteiger partial charge in [-0.05, 0) is 66.6 Å². The Bertz CT molecular complexity index is 1750. The average Bonchev–Trinajstić information content (AvgIpc) is 3.09. The highest BCUT2D eigenvalue weighted by atomic mass is 79.9. The first-order valence-corrected chi connectivity index (χ1v) is 17.1. The number of ether oxygens (including phenoxy) is 3. The molecule has 0 radical (unpaired) electrons. The number of methoxy groups -OCH3 is 2. The first kappa shape index (κ1) is 35.3. The number of carbonyl (C=O) groups is 2. The molecular weight excluding hydrogens is 686 g/mol. The van der Waals surface area contributed by atoms with E-state index in [1.807, 2.05) is 61.5 Å². The number of sulfonamides is 1. The summed E-state index contributed by atoms with van der Waals surface area (Å²) < 4.78 is 46.8. The fourth-order valence-electron chi connectivity index (χ4n) is 5.02. The second-order valence-corrected chi connectivity index (χ2v) is 13.2. The molecule has 0 spiro atoms. The van der Waals surface area contributed by atoms with Crippen LogP contribution in [0.3, 0.4) is 0 Å². The molecule has 0 aliphatic carbocycles. The minimum atomic E-state index is -4.35. The summed E-state index contributed by atoms with van der Waals surface area (Å²) in [5, 5.41) is 2.69. The summed E-state index contributed by atoms with van der Waals surface area (Å²) in [7, 11) is 0.0227. The molecule has 0 aromatic heterocycles. The van der Waals surface area contributed by atoms with E-state index < -0.39 is 28.5 Å². The van der Waals surface area contributed by atoms with Gasteiger partial charge in [0.2, 0.25) is 11.8 Å². The molecule has 0 bridgehead atoms. The van der Waals surface area contributed by atoms with Crippen LogP contribution in [0.2, 0.25) is 0 Å². The number of likely N-dealkylation sites (N-methyl/N-ethyl adjacent to an activating group) is 1. The minimum Gasteiger partial charge on any atom is -0.494 e. The lowest BCUT2D eigenvalue weighted by molar-refractivity contribution is -0.139. The number of amides is 2. The maximum atomic E-state index is 14.5. The van der Waals surface area contributed by atoms with E-state index in [-0.39, 0.29) is 35.2 Å². The molecule has 1 N–H and O–H groups in total. The number of rotatable bonds is 15. The number of anilines is 1. The molecule has 0 saturated carbocycles. The van der Waals surface area contributed by atoms with Crippen LogP contribution in [0.15, 0.2) is 106 Å². The molecule has 10 nitrogen and oxygen atoms in total. The first-order chi connectivity index (χ1) is 22.6. The Labute approximate surface area is 284 Å². The topological polar surface area (TPSA) is 114 Å². The van der Waals surface area contributed by atoms with Crippen LogP contribution in [0.4, 0.5) is 5.69 Å². The van der Waals surface area contributed by atoms with Crippen molar-refractivity contribution in [1.82, 2.24) is 10.2 Å². The Balaban J connectivity index is 1.81. The van der Waals surface area contributed by atoms with Gasteiger partial charge < -0.3 is 24.4 Å². The zero-order chi connectivity index (χ0) is 34.0. The number of carbonyl (C=O) groups excluding carboxylic acids is 2. The highest BCUT2D eigenvalue weighted by molar-refractivity contribution is 9.10. The van der Waals surface area contributed by atoms with Gasteiger partial charge in [0.05, 0.1) is 31.4 Å². The number of nitrogens with one attached hydrogen (secondary N) is 1. The maximum Gasteiger partial charge on any atom is 0.264 e. The largest absolute Gasteiger partial charge is 0.494 e. The molecule has 4 aromatic carbocycles. The molecule has 4 rings (SSSR count). The van der Waals surface area contributed by atoms with Crippen LogP contribution >= 0.6 is 15.9 Å². The van der Waals surface area contributed by atoms with Crippen molar-refractivity contribution in [3.8, 4) is 17.2 Å². The molecule has 0 aliphatic rings. The van der Waals surface area contributed by atoms with Crippen LogP contribution in [0.1, 0.15) is 18.1 Å². The van der Waals surface area contributed by atoms with E-state index in [4.69, 9.17) is 14.2 Å². The quantitative estimate of drug-likeness (QED) is 0.174. The summed E-state index contributed by atoms with van der Waals surface area (Å²) in [4.78, 5) is 29.2. The lowest BCUT2D eigenvalue weighted by Crippen LogP contribution is -2.53. The van der Waals surface area contributed by atoms with Gasteiger partial charge in [-0.25, -0.2) is 8.42 Å². The lowest BCUT2D eigenvalue weighted by atomic mass is 10.0. The van der Waals surface area contributed by atoms with Gasteiger partial charge in [-0.15, -0.1) is 0 Å². The average molecular weight is 725 g/mol. The van der Waals surface area contributed by atoms with Gasteiger partial charge in [-0.3, -0.25) is 13.9 Å². The molecule has 47 heavy (non-hydrogen) atoms. The van der Waals surface area contributed by atoms with Crippen LogP contribution in [-0.2, 0) is 32.6 Å². The van der Waals surface area contributed by atoms with Crippen molar-refractivity contribution < 1.29 is 32.2 Å². The Morgan fingerprint density at radius 2 is 1.51 bits per heavy atom. The predicted molar refractivity (Wildman–Crippen MR) is 184 cm³/mol. The molecule has 0 heterocycles. The molecular formula is C35H38BrN3O7S. The monoisotopic (exact) mass is 723 g/mol. The summed E-state index contributed by atoms with van der Waals surface area (Å²) >= 11 is 3.44. The van der Waals surface area contributed by atoms with Crippen molar-refractivity contribution in [3.05, 3.63) is 113 Å². The standard InChI is InChI=1S/C35H38BrN3O7S/c1-5-46-29-17-15-28(16-18-29)39(47(42,43)30-19-20-32(44-3)33(22-30)45-4)24-34(40)38(23-26-11-13-27(36)14-12-26)31(35(41)37-2)21-25-9-7-6-8-10-25/h6-20,22,31H,5,21,23-24H2,1-4H3,(H,37,41). The number of hydrogen-bond donors (Lipinski definition) is 1. The van der Waals surface area contributed by atoms with Crippen LogP contribution in [0.5, 0.6) is 17.2 Å². The van der Waals surface area contributed by atoms with Crippen LogP contribution in [-0.4, -0.2) is 65.6 Å². The number of halogens is 1. The predicted octanol–water partition coefficient (Wildman–Crippen LogP) is 5.45. The van der Waals surface area contributed by atoms with Crippen LogP contribution in [0, 0.1) is 0 Å². The summed E-state index contributed by atoms with van der Waals surface area (Å²) in [5.41, 5.74) is 1.84. The molecule has 1 unspecified atom stereocenters. The lowest BCUT2D eigenvalue weighted by Gasteiger charge is -2.33. The zero-order valence-electron chi connectivity index (χ0n) is 26.7. The SMILES string of the molecule is CCOc1ccc(N(CC(=O)N(Cc2ccc(Br)cc2)C(Cc2ccccc2)C(=O)NC)S(=O)(=O)c2ccc(OC)c(OC)c2)cc1. The van der Waals surface area contributed by atoms with Crippen molar-refractivity contribution in [2.24, 2.45) is 0 Å². The second kappa shape index (κ2) is 16.3. The fraction of sp³-hybridized carbons (Fsp3) is 0.257. The van der Waals surface area contributed by atoms with Gasteiger partial charge in [0.15, 0.2) is 11.5 Å². The Kier molecular flexibility index (Phi) is 12.3. The van der Waals surface area contributed by atoms with Gasteiger partial charge >= 0.3 is 0 Å². The summed E-state index contributed by atoms with van der Waals surface area (Å²) in [6.45, 7) is 1.74. The summed E-state index contributed by atoms with van der Waals surface area (Å²) in [5.74, 6) is 0.159. The normalized spacial score (nSPS) is 11.7. The van der Waals surface area contributed by atoms with E-state index >= 15 is 0 Å². The van der Waals surface area contributed by atoms with Crippen molar-refractivity contribution >= 4 is 43.5 Å². The highest BCUT2D eigenvalue weighted by Gasteiger charge is 2.34. The van der Waals surface area contributed by atoms with Gasteiger partial charge in [-0.1, -0.05) is 58.4 Å². The van der Waals surface area contributed by atoms with E-state index in [2.05, 4.69) is 21.2 Å². The molecule has 4 aromatic rings. The summed E-state index contributed by atoms with van der Waals surface area (Å²) in [6.07, 6.45) is 0.217. The number of hydrogen-bond acceptors (Lipinski definition) is 7. The van der Waals surface area contributed by atoms with Gasteiger partial charge in [0.25, 0.3) is 10.0 Å². The first-order valence-electron chi connectivity index (χ1n) is 14.9. The fourth-order valence-corrected chi connectivity index (χ4v) is 6.71. The third kappa shape index (κ3) is 8.83. The van der Waals surface area contributed by atoms with E-state index in [0.29, 0.717) is 18.1 Å². The molecule has 1 atom stereocenters. The van der Waals surface area contributed by atoms with E-state index in [1.54, 1.807) is 24.3 Å². The third-order valence-electron chi connectivity index (χ3n) is 7.44. The third-order valence-corrected chi connectivity index (χ3v) is 9.74. The molecule has 2 amide bonds. The van der Waals surface area contributed by atoms with E-state index in [9.17, 15) is 18.0 Å². The van der Waals surface area contributed by atoms with Crippen molar-refractivity contribution in [3.63, 3.8) is 0 Å². The minimum absolute atomic E-state index is 0.0601. The van der Waals surface area contributed by atoms with Crippen molar-refractivity contribution in [2.75, 3.05) is 38.7 Å². The molecule has 0 saturated heterocycles. The molecule has 248 valence electrons. The van der Waals surface area contributed by atoms with Crippen molar-refractivity contribution in [1.29, 1.82) is 0 Å². The Hall–Kier alpha value is -4.55. The second-order valence-electron chi connectivity index (χ2n) is 10.4. The zero-order valence-corrected chi connectivity index (χ0v) is 29.1. The van der Waals surface area contributed by atoms with E-state index in [0.717, 1.165) is 19.9 Å². The number of nitrogens with zero attached hydrogens (tertiary/aromatic N) is 2. The molecule has 0 fully saturated rings. The number of benzene rings is 4.